The molecule has 1 aliphatic heterocycles. The van der Waals surface area contributed by atoms with E-state index in [2.05, 4.69) is 44.2 Å². The molecule has 0 aliphatic carbocycles. The highest BCUT2D eigenvalue weighted by molar-refractivity contribution is 9.10. The fourth-order valence-corrected chi connectivity index (χ4v) is 3.11. The summed E-state index contributed by atoms with van der Waals surface area (Å²) in [5.74, 6) is 1.11. The average Bonchev–Trinajstić information content (AvgIpc) is 2.86. The van der Waals surface area contributed by atoms with Crippen LogP contribution in [0.25, 0.3) is 11.3 Å². The van der Waals surface area contributed by atoms with Crippen molar-refractivity contribution in [2.45, 2.75) is 19.3 Å². The maximum Gasteiger partial charge on any atom is 0.169 e. The smallest absolute Gasteiger partial charge is 0.169 e. The second-order valence-corrected chi connectivity index (χ2v) is 5.68. The molecule has 2 aromatic rings. The number of benzene rings is 1. The van der Waals surface area contributed by atoms with Gasteiger partial charge in [0.2, 0.25) is 0 Å². The number of aromatic nitrogens is 1. The van der Waals surface area contributed by atoms with Crippen LogP contribution in [0.4, 0.5) is 11.5 Å². The zero-order valence-corrected chi connectivity index (χ0v) is 12.2. The minimum Gasteiger partial charge on any atom is -0.381 e. The van der Waals surface area contributed by atoms with E-state index in [1.54, 1.807) is 6.07 Å². The predicted molar refractivity (Wildman–Crippen MR) is 80.1 cm³/mol. The first-order chi connectivity index (χ1) is 9.24. The Kier molecular flexibility index (Phi) is 3.46. The summed E-state index contributed by atoms with van der Waals surface area (Å²) < 4.78 is 6.27. The highest BCUT2D eigenvalue weighted by Gasteiger charge is 2.15. The Morgan fingerprint density at radius 2 is 1.95 bits per heavy atom. The first-order valence-corrected chi connectivity index (χ1v) is 7.30. The van der Waals surface area contributed by atoms with Crippen LogP contribution in [0.5, 0.6) is 0 Å². The summed E-state index contributed by atoms with van der Waals surface area (Å²) in [5.41, 5.74) is 7.81. The number of rotatable bonds is 2. The van der Waals surface area contributed by atoms with Crippen molar-refractivity contribution in [3.63, 3.8) is 0 Å². The van der Waals surface area contributed by atoms with E-state index in [-0.39, 0.29) is 0 Å². The van der Waals surface area contributed by atoms with Crippen molar-refractivity contribution in [1.29, 1.82) is 0 Å². The molecule has 1 aliphatic rings. The number of hydrogen-bond donors (Lipinski definition) is 1. The summed E-state index contributed by atoms with van der Waals surface area (Å²) >= 11 is 3.65. The minimum atomic E-state index is 0.409. The van der Waals surface area contributed by atoms with Gasteiger partial charge in [0.15, 0.2) is 11.6 Å². The highest BCUT2D eigenvalue weighted by atomic mass is 79.9. The highest BCUT2D eigenvalue weighted by Crippen LogP contribution is 2.33. The van der Waals surface area contributed by atoms with Gasteiger partial charge in [0.05, 0.1) is 5.69 Å². The zero-order valence-electron chi connectivity index (χ0n) is 10.6. The Morgan fingerprint density at radius 3 is 2.58 bits per heavy atom. The van der Waals surface area contributed by atoms with Crippen molar-refractivity contribution in [2.24, 2.45) is 0 Å². The van der Waals surface area contributed by atoms with Crippen molar-refractivity contribution < 1.29 is 4.52 Å². The van der Waals surface area contributed by atoms with Crippen LogP contribution in [0.15, 0.2) is 33.3 Å². The molecule has 5 heteroatoms. The van der Waals surface area contributed by atoms with Gasteiger partial charge in [-0.25, -0.2) is 0 Å². The summed E-state index contributed by atoms with van der Waals surface area (Å²) in [6.45, 7) is 2.26. The SMILES string of the molecule is Nc1cc(-c2ccc(N3CCCCC3)c(Br)c2)on1. The maximum atomic E-state index is 5.58. The van der Waals surface area contributed by atoms with E-state index in [0.29, 0.717) is 11.6 Å². The van der Waals surface area contributed by atoms with Crippen molar-refractivity contribution >= 4 is 27.4 Å². The molecule has 0 saturated carbocycles. The number of nitrogens with two attached hydrogens (primary N) is 1. The monoisotopic (exact) mass is 321 g/mol. The number of piperidine rings is 1. The van der Waals surface area contributed by atoms with Gasteiger partial charge in [-0.2, -0.15) is 0 Å². The molecule has 1 fully saturated rings. The molecule has 1 aromatic heterocycles. The minimum absolute atomic E-state index is 0.409. The van der Waals surface area contributed by atoms with Crippen LogP contribution in [0.2, 0.25) is 0 Å². The summed E-state index contributed by atoms with van der Waals surface area (Å²) in [4.78, 5) is 2.42. The normalized spacial score (nSPS) is 15.7. The van der Waals surface area contributed by atoms with E-state index >= 15 is 0 Å². The number of anilines is 2. The Morgan fingerprint density at radius 1 is 1.16 bits per heavy atom. The summed E-state index contributed by atoms with van der Waals surface area (Å²) in [5, 5.41) is 3.71. The Balaban J connectivity index is 1.89. The van der Waals surface area contributed by atoms with Gasteiger partial charge in [-0.1, -0.05) is 5.16 Å². The van der Waals surface area contributed by atoms with E-state index in [4.69, 9.17) is 10.3 Å². The van der Waals surface area contributed by atoms with E-state index in [0.717, 1.165) is 23.1 Å². The van der Waals surface area contributed by atoms with Gasteiger partial charge in [-0.05, 0) is 53.4 Å². The van der Waals surface area contributed by atoms with E-state index in [1.807, 2.05) is 0 Å². The van der Waals surface area contributed by atoms with Crippen LogP contribution in [0.1, 0.15) is 19.3 Å². The van der Waals surface area contributed by atoms with Crippen molar-refractivity contribution in [1.82, 2.24) is 5.16 Å². The second-order valence-electron chi connectivity index (χ2n) is 4.83. The molecule has 2 N–H and O–H groups in total. The quantitative estimate of drug-likeness (QED) is 0.916. The molecular weight excluding hydrogens is 306 g/mol. The number of nitrogens with zero attached hydrogens (tertiary/aromatic N) is 2. The lowest BCUT2D eigenvalue weighted by Gasteiger charge is -2.29. The average molecular weight is 322 g/mol. The third-order valence-corrected chi connectivity index (χ3v) is 4.09. The summed E-state index contributed by atoms with van der Waals surface area (Å²) in [6.07, 6.45) is 3.88. The second kappa shape index (κ2) is 5.25. The lowest BCUT2D eigenvalue weighted by Crippen LogP contribution is -2.29. The largest absolute Gasteiger partial charge is 0.381 e. The van der Waals surface area contributed by atoms with Crippen molar-refractivity contribution in [3.8, 4) is 11.3 Å². The summed E-state index contributed by atoms with van der Waals surface area (Å²) in [7, 11) is 0. The molecule has 19 heavy (non-hydrogen) atoms. The van der Waals surface area contributed by atoms with Crippen molar-refractivity contribution in [3.05, 3.63) is 28.7 Å². The number of nitrogen functional groups attached to an aromatic ring is 1. The molecule has 0 atom stereocenters. The van der Waals surface area contributed by atoms with Gasteiger partial charge in [0.25, 0.3) is 0 Å². The third-order valence-electron chi connectivity index (χ3n) is 3.46. The van der Waals surface area contributed by atoms with Gasteiger partial charge in [-0.3, -0.25) is 0 Å². The molecule has 1 aromatic carbocycles. The lowest BCUT2D eigenvalue weighted by molar-refractivity contribution is 0.436. The molecule has 4 nitrogen and oxygen atoms in total. The van der Waals surface area contributed by atoms with Crippen LogP contribution < -0.4 is 10.6 Å². The van der Waals surface area contributed by atoms with Gasteiger partial charge < -0.3 is 15.2 Å². The Bertz CT molecular complexity index is 576. The molecule has 3 rings (SSSR count). The topological polar surface area (TPSA) is 55.3 Å². The molecule has 0 bridgehead atoms. The van der Waals surface area contributed by atoms with E-state index in [9.17, 15) is 0 Å². The van der Waals surface area contributed by atoms with Gasteiger partial charge in [0, 0.05) is 29.2 Å². The number of halogens is 1. The number of hydrogen-bond acceptors (Lipinski definition) is 4. The van der Waals surface area contributed by atoms with E-state index in [1.165, 1.54) is 24.9 Å². The van der Waals surface area contributed by atoms with Gasteiger partial charge in [-0.15, -0.1) is 0 Å². The molecule has 0 unspecified atom stereocenters. The molecular formula is C14H16BrN3O. The third kappa shape index (κ3) is 2.61. The molecule has 100 valence electrons. The fraction of sp³-hybridized carbons (Fsp3) is 0.357. The maximum absolute atomic E-state index is 5.58. The summed E-state index contributed by atoms with van der Waals surface area (Å²) in [6, 6.07) is 7.98. The fourth-order valence-electron chi connectivity index (χ4n) is 2.48. The van der Waals surface area contributed by atoms with Crippen LogP contribution >= 0.6 is 15.9 Å². The Labute approximate surface area is 120 Å². The molecule has 0 radical (unpaired) electrons. The van der Waals surface area contributed by atoms with Crippen LogP contribution in [-0.2, 0) is 0 Å². The lowest BCUT2D eigenvalue weighted by atomic mass is 10.1. The molecule has 0 amide bonds. The first kappa shape index (κ1) is 12.5. The first-order valence-electron chi connectivity index (χ1n) is 6.51. The zero-order chi connectivity index (χ0) is 13.2. The molecule has 2 heterocycles. The molecule has 0 spiro atoms. The Hall–Kier alpha value is -1.49. The van der Waals surface area contributed by atoms with Gasteiger partial charge >= 0.3 is 0 Å². The molecule has 1 saturated heterocycles. The van der Waals surface area contributed by atoms with Crippen LogP contribution in [-0.4, -0.2) is 18.2 Å². The standard InChI is InChI=1S/C14H16BrN3O/c15-11-8-10(13-9-14(16)17-19-13)4-5-12(11)18-6-2-1-3-7-18/h4-5,8-9H,1-3,6-7H2,(H2,16,17). The van der Waals surface area contributed by atoms with Crippen molar-refractivity contribution in [2.75, 3.05) is 23.7 Å². The van der Waals surface area contributed by atoms with Gasteiger partial charge in [0.1, 0.15) is 0 Å². The van der Waals surface area contributed by atoms with Crippen LogP contribution in [0, 0.1) is 0 Å². The van der Waals surface area contributed by atoms with Crippen LogP contribution in [0.3, 0.4) is 0 Å². The predicted octanol–water partition coefficient (Wildman–Crippen LogP) is 3.68. The van der Waals surface area contributed by atoms with E-state index < -0.39 is 0 Å².